The van der Waals surface area contributed by atoms with E-state index in [-0.39, 0.29) is 11.9 Å². The first-order chi connectivity index (χ1) is 10.7. The van der Waals surface area contributed by atoms with Crippen LogP contribution in [0.5, 0.6) is 0 Å². The van der Waals surface area contributed by atoms with Crippen molar-refractivity contribution in [1.82, 2.24) is 19.4 Å². The number of carbonyl (C=O) groups is 1. The van der Waals surface area contributed by atoms with Crippen LogP contribution >= 0.6 is 0 Å². The number of hydrogen-bond acceptors (Lipinski definition) is 3. The Morgan fingerprint density at radius 2 is 2.09 bits per heavy atom. The second kappa shape index (κ2) is 6.75. The molecule has 0 saturated carbocycles. The van der Waals surface area contributed by atoms with E-state index >= 15 is 0 Å². The maximum atomic E-state index is 12.5. The van der Waals surface area contributed by atoms with Crippen LogP contribution in [0.4, 0.5) is 0 Å². The molecule has 1 aliphatic rings. The highest BCUT2D eigenvalue weighted by Gasteiger charge is 2.27. The summed E-state index contributed by atoms with van der Waals surface area (Å²) in [5, 5.41) is 0. The zero-order valence-electron chi connectivity index (χ0n) is 12.9. The smallest absolute Gasteiger partial charge is 0.224 e. The van der Waals surface area contributed by atoms with Gasteiger partial charge in [-0.05, 0) is 12.6 Å². The summed E-state index contributed by atoms with van der Waals surface area (Å²) in [6, 6.07) is 10.7. The molecule has 0 unspecified atom stereocenters. The SMILES string of the molecule is CN1CCN(C(=O)CCn2ccnc2)C[C@H]1c1ccccc1. The number of amides is 1. The lowest BCUT2D eigenvalue weighted by molar-refractivity contribution is -0.134. The monoisotopic (exact) mass is 298 g/mol. The van der Waals surface area contributed by atoms with Crippen molar-refractivity contribution < 1.29 is 4.79 Å². The summed E-state index contributed by atoms with van der Waals surface area (Å²) in [7, 11) is 2.13. The van der Waals surface area contributed by atoms with Gasteiger partial charge >= 0.3 is 0 Å². The minimum Gasteiger partial charge on any atom is -0.339 e. The van der Waals surface area contributed by atoms with Gasteiger partial charge in [0.25, 0.3) is 0 Å². The lowest BCUT2D eigenvalue weighted by Gasteiger charge is -2.39. The van der Waals surface area contributed by atoms with Crippen molar-refractivity contribution in [3.8, 4) is 0 Å². The molecule has 22 heavy (non-hydrogen) atoms. The third-order valence-corrected chi connectivity index (χ3v) is 4.33. The topological polar surface area (TPSA) is 41.4 Å². The Balaban J connectivity index is 1.61. The van der Waals surface area contributed by atoms with Crippen molar-refractivity contribution in [2.45, 2.75) is 19.0 Å². The third kappa shape index (κ3) is 3.36. The van der Waals surface area contributed by atoms with Gasteiger partial charge in [-0.15, -0.1) is 0 Å². The quantitative estimate of drug-likeness (QED) is 0.864. The molecule has 1 aliphatic heterocycles. The van der Waals surface area contributed by atoms with Crippen molar-refractivity contribution in [3.05, 3.63) is 54.6 Å². The summed E-state index contributed by atoms with van der Waals surface area (Å²) in [6.07, 6.45) is 5.92. The predicted octanol–water partition coefficient (Wildman–Crippen LogP) is 1.79. The van der Waals surface area contributed by atoms with Crippen LogP contribution in [0.3, 0.4) is 0 Å². The molecule has 1 aromatic heterocycles. The van der Waals surface area contributed by atoms with E-state index in [0.717, 1.165) is 19.6 Å². The van der Waals surface area contributed by atoms with Gasteiger partial charge in [0, 0.05) is 45.0 Å². The second-order valence-corrected chi connectivity index (χ2v) is 5.80. The first kappa shape index (κ1) is 14.8. The molecule has 0 N–H and O–H groups in total. The van der Waals surface area contributed by atoms with E-state index in [2.05, 4.69) is 41.2 Å². The molecule has 1 aromatic carbocycles. The Kier molecular flexibility index (Phi) is 4.53. The van der Waals surface area contributed by atoms with Crippen LogP contribution in [-0.4, -0.2) is 51.9 Å². The molecule has 1 atom stereocenters. The Hall–Kier alpha value is -2.14. The fourth-order valence-corrected chi connectivity index (χ4v) is 2.94. The number of likely N-dealkylation sites (N-methyl/N-ethyl adjacent to an activating group) is 1. The number of piperazine rings is 1. The predicted molar refractivity (Wildman–Crippen MR) is 85.2 cm³/mol. The van der Waals surface area contributed by atoms with E-state index in [0.29, 0.717) is 13.0 Å². The molecular weight excluding hydrogens is 276 g/mol. The number of hydrogen-bond donors (Lipinski definition) is 0. The molecule has 0 bridgehead atoms. The van der Waals surface area contributed by atoms with Gasteiger partial charge in [-0.2, -0.15) is 0 Å². The lowest BCUT2D eigenvalue weighted by atomic mass is 10.0. The highest BCUT2D eigenvalue weighted by molar-refractivity contribution is 5.76. The maximum Gasteiger partial charge on any atom is 0.224 e. The van der Waals surface area contributed by atoms with E-state index in [1.54, 1.807) is 12.5 Å². The first-order valence-corrected chi connectivity index (χ1v) is 7.73. The van der Waals surface area contributed by atoms with E-state index in [1.165, 1.54) is 5.56 Å². The van der Waals surface area contributed by atoms with Crippen molar-refractivity contribution in [2.75, 3.05) is 26.7 Å². The zero-order valence-corrected chi connectivity index (χ0v) is 12.9. The Labute approximate surface area is 131 Å². The molecule has 0 aliphatic carbocycles. The second-order valence-electron chi connectivity index (χ2n) is 5.80. The largest absolute Gasteiger partial charge is 0.339 e. The number of imidazole rings is 1. The molecule has 0 radical (unpaired) electrons. The number of aromatic nitrogens is 2. The van der Waals surface area contributed by atoms with Gasteiger partial charge in [-0.1, -0.05) is 30.3 Å². The molecule has 1 amide bonds. The summed E-state index contributed by atoms with van der Waals surface area (Å²) in [5.74, 6) is 0.225. The highest BCUT2D eigenvalue weighted by Crippen LogP contribution is 2.24. The van der Waals surface area contributed by atoms with Gasteiger partial charge in [0.15, 0.2) is 0 Å². The van der Waals surface area contributed by atoms with Crippen LogP contribution in [-0.2, 0) is 11.3 Å². The van der Waals surface area contributed by atoms with Crippen molar-refractivity contribution >= 4 is 5.91 Å². The minimum absolute atomic E-state index is 0.225. The molecular formula is C17H22N4O. The number of aryl methyl sites for hydroxylation is 1. The van der Waals surface area contributed by atoms with Crippen LogP contribution in [0.2, 0.25) is 0 Å². The van der Waals surface area contributed by atoms with E-state index in [1.807, 2.05) is 21.7 Å². The van der Waals surface area contributed by atoms with Crippen LogP contribution < -0.4 is 0 Å². The zero-order chi connectivity index (χ0) is 15.4. The molecule has 5 heteroatoms. The average molecular weight is 298 g/mol. The van der Waals surface area contributed by atoms with E-state index in [9.17, 15) is 4.79 Å². The molecule has 2 aromatic rings. The molecule has 1 saturated heterocycles. The Morgan fingerprint density at radius 3 is 2.82 bits per heavy atom. The van der Waals surface area contributed by atoms with Crippen LogP contribution in [0, 0.1) is 0 Å². The minimum atomic E-state index is 0.225. The van der Waals surface area contributed by atoms with Crippen molar-refractivity contribution in [2.24, 2.45) is 0 Å². The first-order valence-electron chi connectivity index (χ1n) is 7.73. The molecule has 5 nitrogen and oxygen atoms in total. The maximum absolute atomic E-state index is 12.5. The van der Waals surface area contributed by atoms with Crippen LogP contribution in [0.25, 0.3) is 0 Å². The third-order valence-electron chi connectivity index (χ3n) is 4.33. The number of carbonyl (C=O) groups excluding carboxylic acids is 1. The summed E-state index contributed by atoms with van der Waals surface area (Å²) in [5.41, 5.74) is 1.28. The average Bonchev–Trinajstić information content (AvgIpc) is 3.07. The number of benzene rings is 1. The number of nitrogens with zero attached hydrogens (tertiary/aromatic N) is 4. The van der Waals surface area contributed by atoms with Gasteiger partial charge in [-0.3, -0.25) is 9.69 Å². The summed E-state index contributed by atoms with van der Waals surface area (Å²) < 4.78 is 1.95. The molecule has 3 rings (SSSR count). The Morgan fingerprint density at radius 1 is 1.27 bits per heavy atom. The molecule has 0 spiro atoms. The van der Waals surface area contributed by atoms with Gasteiger partial charge in [-0.25, -0.2) is 4.98 Å². The highest BCUT2D eigenvalue weighted by atomic mass is 16.2. The van der Waals surface area contributed by atoms with Crippen LogP contribution in [0.15, 0.2) is 49.1 Å². The lowest BCUT2D eigenvalue weighted by Crippen LogP contribution is -2.49. The van der Waals surface area contributed by atoms with Crippen LogP contribution in [0.1, 0.15) is 18.0 Å². The summed E-state index contributed by atoms with van der Waals surface area (Å²) in [4.78, 5) is 20.8. The summed E-state index contributed by atoms with van der Waals surface area (Å²) >= 11 is 0. The molecule has 116 valence electrons. The van der Waals surface area contributed by atoms with Crippen molar-refractivity contribution in [1.29, 1.82) is 0 Å². The van der Waals surface area contributed by atoms with Gasteiger partial charge in [0.2, 0.25) is 5.91 Å². The number of rotatable bonds is 4. The fraction of sp³-hybridized carbons (Fsp3) is 0.412. The van der Waals surface area contributed by atoms with Crippen molar-refractivity contribution in [3.63, 3.8) is 0 Å². The summed E-state index contributed by atoms with van der Waals surface area (Å²) in [6.45, 7) is 3.18. The van der Waals surface area contributed by atoms with Gasteiger partial charge in [0.1, 0.15) is 0 Å². The van der Waals surface area contributed by atoms with Gasteiger partial charge in [0.05, 0.1) is 12.4 Å². The van der Waals surface area contributed by atoms with Gasteiger partial charge < -0.3 is 9.47 Å². The molecule has 2 heterocycles. The molecule has 1 fully saturated rings. The standard InChI is InChI=1S/C17H22N4O/c1-19-11-12-21(13-16(19)15-5-3-2-4-6-15)17(22)7-9-20-10-8-18-14-20/h2-6,8,10,14,16H,7,9,11-13H2,1H3/t16-/m0/s1. The van der Waals surface area contributed by atoms with E-state index in [4.69, 9.17) is 0 Å². The normalized spacial score (nSPS) is 19.3. The Bertz CT molecular complexity index is 596. The van der Waals surface area contributed by atoms with E-state index < -0.39 is 0 Å². The fourth-order valence-electron chi connectivity index (χ4n) is 2.94.